The van der Waals surface area contributed by atoms with E-state index in [9.17, 15) is 0 Å². The molecule has 3 aromatic carbocycles. The van der Waals surface area contributed by atoms with Gasteiger partial charge in [0.25, 0.3) is 0 Å². The van der Waals surface area contributed by atoms with Crippen LogP contribution in [0.15, 0.2) is 87.5 Å². The van der Waals surface area contributed by atoms with Crippen LogP contribution in [-0.4, -0.2) is 0 Å². The highest BCUT2D eigenvalue weighted by Gasteiger charge is 2.29. The van der Waals surface area contributed by atoms with Crippen molar-refractivity contribution in [3.05, 3.63) is 89.5 Å². The molecule has 3 atom stereocenters. The summed E-state index contributed by atoms with van der Waals surface area (Å²) in [6, 6.07) is 28.5. The Bertz CT molecular complexity index is 837. The van der Waals surface area contributed by atoms with Crippen molar-refractivity contribution in [3.63, 3.8) is 0 Å². The Morgan fingerprint density at radius 1 is 0.441 bits per heavy atom. The van der Waals surface area contributed by atoms with Gasteiger partial charge in [-0.05, 0) is 90.1 Å². The minimum absolute atomic E-state index is 0.0903. The molecular formula is C33H45S+. The van der Waals surface area contributed by atoms with Gasteiger partial charge in [-0.25, -0.2) is 0 Å². The van der Waals surface area contributed by atoms with Crippen LogP contribution in [0.2, 0.25) is 0 Å². The molecule has 0 spiro atoms. The fourth-order valence-corrected chi connectivity index (χ4v) is 7.05. The molecule has 1 heteroatoms. The van der Waals surface area contributed by atoms with Crippen LogP contribution in [-0.2, 0) is 10.9 Å². The molecule has 182 valence electrons. The van der Waals surface area contributed by atoms with Crippen molar-refractivity contribution < 1.29 is 0 Å². The summed E-state index contributed by atoms with van der Waals surface area (Å²) < 4.78 is 0. The van der Waals surface area contributed by atoms with Gasteiger partial charge in [-0.15, -0.1) is 0 Å². The molecule has 0 aliphatic carbocycles. The molecule has 0 N–H and O–H groups in total. The van der Waals surface area contributed by atoms with Crippen LogP contribution in [0.5, 0.6) is 0 Å². The van der Waals surface area contributed by atoms with Gasteiger partial charge < -0.3 is 0 Å². The molecule has 0 radical (unpaired) electrons. The van der Waals surface area contributed by atoms with Gasteiger partial charge in [-0.3, -0.25) is 0 Å². The zero-order chi connectivity index (χ0) is 24.5. The van der Waals surface area contributed by atoms with E-state index in [1.807, 2.05) is 0 Å². The molecule has 0 fully saturated rings. The summed E-state index contributed by atoms with van der Waals surface area (Å²) in [6.45, 7) is 13.9. The molecule has 0 saturated heterocycles. The minimum Gasteiger partial charge on any atom is -0.0654 e. The lowest BCUT2D eigenvalue weighted by atomic mass is 9.97. The highest BCUT2D eigenvalue weighted by atomic mass is 32.2. The standard InChI is InChI=1S/C33H45S/c1-7-10-25(4)28-13-19-31(20-14-28)34(32-21-15-29(16-22-32)26(5)11-8-2)33-23-17-30(18-24-33)27(6)12-9-3/h13-27H,7-12H2,1-6H3/q+1. The molecular weight excluding hydrogens is 428 g/mol. The van der Waals surface area contributed by atoms with Gasteiger partial charge >= 0.3 is 0 Å². The molecule has 3 aromatic rings. The second kappa shape index (κ2) is 13.2. The molecule has 0 aliphatic heterocycles. The summed E-state index contributed by atoms with van der Waals surface area (Å²) >= 11 is 0. The minimum atomic E-state index is -0.0903. The van der Waals surface area contributed by atoms with Crippen molar-refractivity contribution in [1.29, 1.82) is 0 Å². The van der Waals surface area contributed by atoms with Crippen LogP contribution >= 0.6 is 0 Å². The largest absolute Gasteiger partial charge is 0.166 e. The summed E-state index contributed by atoms with van der Waals surface area (Å²) in [4.78, 5) is 4.24. The molecule has 34 heavy (non-hydrogen) atoms. The van der Waals surface area contributed by atoms with Gasteiger partial charge in [0.15, 0.2) is 14.7 Å². The predicted octanol–water partition coefficient (Wildman–Crippen LogP) is 10.5. The van der Waals surface area contributed by atoms with Crippen molar-refractivity contribution in [2.45, 2.75) is 113 Å². The van der Waals surface area contributed by atoms with Gasteiger partial charge in [-0.1, -0.05) is 97.2 Å². The van der Waals surface area contributed by atoms with E-state index in [1.165, 1.54) is 69.9 Å². The lowest BCUT2D eigenvalue weighted by molar-refractivity contribution is 0.664. The maximum atomic E-state index is 2.38. The van der Waals surface area contributed by atoms with Gasteiger partial charge in [0.2, 0.25) is 0 Å². The Labute approximate surface area is 212 Å². The van der Waals surface area contributed by atoms with Gasteiger partial charge in [-0.2, -0.15) is 0 Å². The summed E-state index contributed by atoms with van der Waals surface area (Å²) in [5.41, 5.74) is 4.38. The number of hydrogen-bond acceptors (Lipinski definition) is 0. The van der Waals surface area contributed by atoms with Gasteiger partial charge in [0.1, 0.15) is 0 Å². The van der Waals surface area contributed by atoms with E-state index in [2.05, 4.69) is 114 Å². The SMILES string of the molecule is CCCC(C)c1ccc([S+](c2ccc(C(C)CCC)cc2)c2ccc(C(C)CCC)cc2)cc1. The second-order valence-corrected chi connectivity index (χ2v) is 12.1. The first-order valence-electron chi connectivity index (χ1n) is 13.5. The second-order valence-electron chi connectivity index (χ2n) is 10.1. The first-order chi connectivity index (χ1) is 16.5. The van der Waals surface area contributed by atoms with E-state index in [0.717, 1.165) is 0 Å². The van der Waals surface area contributed by atoms with E-state index in [0.29, 0.717) is 17.8 Å². The summed E-state index contributed by atoms with van der Waals surface area (Å²) in [6.07, 6.45) is 7.45. The Balaban J connectivity index is 1.97. The van der Waals surface area contributed by atoms with Crippen molar-refractivity contribution in [2.75, 3.05) is 0 Å². The van der Waals surface area contributed by atoms with Gasteiger partial charge in [0, 0.05) is 0 Å². The molecule has 0 nitrogen and oxygen atoms in total. The van der Waals surface area contributed by atoms with Crippen LogP contribution < -0.4 is 0 Å². The zero-order valence-corrected chi connectivity index (χ0v) is 23.1. The number of benzene rings is 3. The van der Waals surface area contributed by atoms with E-state index < -0.39 is 0 Å². The quantitative estimate of drug-likeness (QED) is 0.229. The summed E-state index contributed by atoms with van der Waals surface area (Å²) in [5.74, 6) is 1.87. The zero-order valence-electron chi connectivity index (χ0n) is 22.3. The Kier molecular flexibility index (Phi) is 10.3. The van der Waals surface area contributed by atoms with Crippen molar-refractivity contribution in [1.82, 2.24) is 0 Å². The molecule has 3 unspecified atom stereocenters. The molecule has 0 aromatic heterocycles. The van der Waals surface area contributed by atoms with E-state index in [-0.39, 0.29) is 10.9 Å². The Morgan fingerprint density at radius 3 is 0.882 bits per heavy atom. The van der Waals surface area contributed by atoms with Crippen LogP contribution in [0, 0.1) is 0 Å². The Hall–Kier alpha value is -1.99. The van der Waals surface area contributed by atoms with Gasteiger partial charge in [0.05, 0.1) is 10.9 Å². The summed E-state index contributed by atoms with van der Waals surface area (Å²) in [5, 5.41) is 0. The molecule has 0 amide bonds. The molecule has 0 heterocycles. The molecule has 0 saturated carbocycles. The van der Waals surface area contributed by atoms with E-state index in [4.69, 9.17) is 0 Å². The number of hydrogen-bond donors (Lipinski definition) is 0. The highest BCUT2D eigenvalue weighted by Crippen LogP contribution is 2.34. The average molecular weight is 474 g/mol. The number of rotatable bonds is 12. The van der Waals surface area contributed by atoms with Crippen LogP contribution in [0.25, 0.3) is 0 Å². The summed E-state index contributed by atoms with van der Waals surface area (Å²) in [7, 11) is -0.0903. The third-order valence-electron chi connectivity index (χ3n) is 7.22. The lowest BCUT2D eigenvalue weighted by Crippen LogP contribution is -2.06. The fraction of sp³-hybridized carbons (Fsp3) is 0.455. The Morgan fingerprint density at radius 2 is 0.676 bits per heavy atom. The van der Waals surface area contributed by atoms with E-state index >= 15 is 0 Å². The van der Waals surface area contributed by atoms with Crippen LogP contribution in [0.3, 0.4) is 0 Å². The smallest absolute Gasteiger partial charge is 0.0654 e. The maximum absolute atomic E-state index is 2.38. The lowest BCUT2D eigenvalue weighted by Gasteiger charge is -2.15. The fourth-order valence-electron chi connectivity index (χ4n) is 5.00. The topological polar surface area (TPSA) is 0 Å². The first-order valence-corrected chi connectivity index (χ1v) is 14.7. The van der Waals surface area contributed by atoms with Crippen molar-refractivity contribution >= 4 is 10.9 Å². The molecule has 3 rings (SSSR count). The molecule has 0 aliphatic rings. The molecule has 0 bridgehead atoms. The van der Waals surface area contributed by atoms with Crippen LogP contribution in [0.4, 0.5) is 0 Å². The maximum Gasteiger partial charge on any atom is 0.166 e. The van der Waals surface area contributed by atoms with Crippen molar-refractivity contribution in [3.8, 4) is 0 Å². The van der Waals surface area contributed by atoms with Crippen molar-refractivity contribution in [2.24, 2.45) is 0 Å². The van der Waals surface area contributed by atoms with E-state index in [1.54, 1.807) is 0 Å². The first kappa shape index (κ1) is 26.6. The third-order valence-corrected chi connectivity index (χ3v) is 9.45. The highest BCUT2D eigenvalue weighted by molar-refractivity contribution is 7.97. The average Bonchev–Trinajstić information content (AvgIpc) is 2.86. The third kappa shape index (κ3) is 6.79. The normalized spacial score (nSPS) is 15.0. The predicted molar refractivity (Wildman–Crippen MR) is 151 cm³/mol. The van der Waals surface area contributed by atoms with Crippen LogP contribution in [0.1, 0.15) is 115 Å². The monoisotopic (exact) mass is 473 g/mol.